The molecule has 28 heavy (non-hydrogen) atoms. The van der Waals surface area contributed by atoms with Gasteiger partial charge in [0.25, 0.3) is 0 Å². The molecule has 1 saturated carbocycles. The first kappa shape index (κ1) is 16.9. The minimum Gasteiger partial charge on any atom is -0.411 e. The minimum absolute atomic E-state index is 0.0339. The Kier molecular flexibility index (Phi) is 4.24. The molecule has 1 N–H and O–H groups in total. The number of aromatic nitrogens is 2. The van der Waals surface area contributed by atoms with Crippen LogP contribution in [0.3, 0.4) is 0 Å². The summed E-state index contributed by atoms with van der Waals surface area (Å²) in [6.07, 6.45) is 3.95. The lowest BCUT2D eigenvalue weighted by Crippen LogP contribution is -2.19. The summed E-state index contributed by atoms with van der Waals surface area (Å²) >= 11 is 0. The SMILES string of the molecule is ON=C1CCCCC1c1nc2ccccc2cc1-c1ccc2ccccc2n1. The molecule has 0 saturated heterocycles. The highest BCUT2D eigenvalue weighted by molar-refractivity contribution is 5.94. The fourth-order valence-electron chi connectivity index (χ4n) is 4.23. The zero-order valence-corrected chi connectivity index (χ0v) is 15.5. The maximum atomic E-state index is 9.58. The van der Waals surface area contributed by atoms with Gasteiger partial charge in [-0.2, -0.15) is 0 Å². The number of hydrogen-bond donors (Lipinski definition) is 1. The molecule has 2 heterocycles. The number of rotatable bonds is 2. The first-order valence-electron chi connectivity index (χ1n) is 9.80. The predicted molar refractivity (Wildman–Crippen MR) is 113 cm³/mol. The van der Waals surface area contributed by atoms with E-state index in [1.807, 2.05) is 36.4 Å². The Balaban J connectivity index is 1.75. The maximum Gasteiger partial charge on any atom is 0.0728 e. The van der Waals surface area contributed by atoms with Crippen LogP contribution in [0.25, 0.3) is 33.1 Å². The van der Waals surface area contributed by atoms with Crippen LogP contribution in [0.15, 0.2) is 71.9 Å². The van der Waals surface area contributed by atoms with Gasteiger partial charge < -0.3 is 5.21 Å². The van der Waals surface area contributed by atoms with E-state index in [0.29, 0.717) is 0 Å². The lowest BCUT2D eigenvalue weighted by atomic mass is 9.82. The van der Waals surface area contributed by atoms with Crippen molar-refractivity contribution in [3.05, 3.63) is 72.4 Å². The fourth-order valence-corrected chi connectivity index (χ4v) is 4.23. The molecule has 0 bridgehead atoms. The molecule has 4 heteroatoms. The van der Waals surface area contributed by atoms with Crippen LogP contribution in [0, 0.1) is 0 Å². The molecule has 1 atom stereocenters. The van der Waals surface area contributed by atoms with Gasteiger partial charge in [0.1, 0.15) is 0 Å². The molecule has 138 valence electrons. The van der Waals surface area contributed by atoms with Crippen LogP contribution in [0.4, 0.5) is 0 Å². The van der Waals surface area contributed by atoms with E-state index in [0.717, 1.165) is 70.2 Å². The number of nitrogens with zero attached hydrogens (tertiary/aromatic N) is 3. The van der Waals surface area contributed by atoms with Crippen LogP contribution in [0.5, 0.6) is 0 Å². The predicted octanol–water partition coefficient (Wildman–Crippen LogP) is 5.94. The third kappa shape index (κ3) is 2.91. The topological polar surface area (TPSA) is 58.4 Å². The van der Waals surface area contributed by atoms with Gasteiger partial charge in [0.05, 0.1) is 28.1 Å². The summed E-state index contributed by atoms with van der Waals surface area (Å²) in [7, 11) is 0. The summed E-state index contributed by atoms with van der Waals surface area (Å²) in [5.74, 6) is 0.0339. The number of fused-ring (bicyclic) bond motifs is 2. The highest BCUT2D eigenvalue weighted by Gasteiger charge is 2.27. The summed E-state index contributed by atoms with van der Waals surface area (Å²) in [4.78, 5) is 9.94. The number of hydrogen-bond acceptors (Lipinski definition) is 4. The summed E-state index contributed by atoms with van der Waals surface area (Å²) in [6, 6.07) is 22.7. The Labute approximate surface area is 163 Å². The molecular formula is C24H21N3O. The van der Waals surface area contributed by atoms with E-state index in [1.165, 1.54) is 0 Å². The van der Waals surface area contributed by atoms with Gasteiger partial charge in [0.2, 0.25) is 0 Å². The lowest BCUT2D eigenvalue weighted by Gasteiger charge is -2.25. The van der Waals surface area contributed by atoms with Crippen molar-refractivity contribution in [2.24, 2.45) is 5.16 Å². The second-order valence-electron chi connectivity index (χ2n) is 7.39. The van der Waals surface area contributed by atoms with Gasteiger partial charge in [-0.25, -0.2) is 4.98 Å². The summed E-state index contributed by atoms with van der Waals surface area (Å²) in [6.45, 7) is 0. The molecule has 0 spiro atoms. The van der Waals surface area contributed by atoms with Crippen LogP contribution in [0.1, 0.15) is 37.3 Å². The number of oxime groups is 1. The summed E-state index contributed by atoms with van der Waals surface area (Å²) in [5, 5.41) is 15.4. The first-order chi connectivity index (χ1) is 13.8. The zero-order valence-electron chi connectivity index (χ0n) is 15.5. The molecule has 2 aromatic heterocycles. The highest BCUT2D eigenvalue weighted by atomic mass is 16.4. The van der Waals surface area contributed by atoms with Gasteiger partial charge in [-0.05, 0) is 43.5 Å². The van der Waals surface area contributed by atoms with Gasteiger partial charge in [-0.15, -0.1) is 0 Å². The largest absolute Gasteiger partial charge is 0.411 e. The standard InChI is InChI=1S/C24H21N3O/c28-27-23-12-6-3-9-18(23)24-19(15-17-8-2-5-11-21(17)26-24)22-14-13-16-7-1-4-10-20(16)25-22/h1-2,4-5,7-8,10-11,13-15,18,28H,3,6,9,12H2. The van der Waals surface area contributed by atoms with Crippen LogP contribution < -0.4 is 0 Å². The van der Waals surface area contributed by atoms with Crippen molar-refractivity contribution < 1.29 is 5.21 Å². The van der Waals surface area contributed by atoms with Crippen molar-refractivity contribution >= 4 is 27.5 Å². The van der Waals surface area contributed by atoms with Crippen molar-refractivity contribution in [3.8, 4) is 11.3 Å². The number of pyridine rings is 2. The minimum atomic E-state index is 0.0339. The van der Waals surface area contributed by atoms with Crippen molar-refractivity contribution in [1.29, 1.82) is 0 Å². The molecule has 1 fully saturated rings. The second kappa shape index (κ2) is 7.04. The van der Waals surface area contributed by atoms with Crippen molar-refractivity contribution in [2.45, 2.75) is 31.6 Å². The summed E-state index contributed by atoms with van der Waals surface area (Å²) < 4.78 is 0. The first-order valence-corrected chi connectivity index (χ1v) is 9.80. The zero-order chi connectivity index (χ0) is 18.9. The van der Waals surface area contributed by atoms with Crippen LogP contribution in [-0.2, 0) is 0 Å². The number of para-hydroxylation sites is 2. The fraction of sp³-hybridized carbons (Fsp3) is 0.208. The molecule has 1 aliphatic carbocycles. The van der Waals surface area contributed by atoms with Crippen LogP contribution >= 0.6 is 0 Å². The molecule has 0 aliphatic heterocycles. The molecular weight excluding hydrogens is 346 g/mol. The Bertz CT molecular complexity index is 1200. The van der Waals surface area contributed by atoms with E-state index < -0.39 is 0 Å². The highest BCUT2D eigenvalue weighted by Crippen LogP contribution is 2.37. The molecule has 0 amide bonds. The Morgan fingerprint density at radius 3 is 2.39 bits per heavy atom. The van der Waals surface area contributed by atoms with Crippen molar-refractivity contribution in [2.75, 3.05) is 0 Å². The van der Waals surface area contributed by atoms with Gasteiger partial charge in [-0.1, -0.05) is 54.0 Å². The van der Waals surface area contributed by atoms with E-state index in [2.05, 4.69) is 35.5 Å². The average Bonchev–Trinajstić information content (AvgIpc) is 2.78. The maximum absolute atomic E-state index is 9.58. The molecule has 5 rings (SSSR count). The molecule has 4 aromatic rings. The van der Waals surface area contributed by atoms with Crippen LogP contribution in [-0.4, -0.2) is 20.9 Å². The van der Waals surface area contributed by atoms with Crippen molar-refractivity contribution in [1.82, 2.24) is 9.97 Å². The second-order valence-corrected chi connectivity index (χ2v) is 7.39. The molecule has 2 aromatic carbocycles. The van der Waals surface area contributed by atoms with Crippen molar-refractivity contribution in [3.63, 3.8) is 0 Å². The Morgan fingerprint density at radius 1 is 0.821 bits per heavy atom. The van der Waals surface area contributed by atoms with E-state index in [-0.39, 0.29) is 5.92 Å². The van der Waals surface area contributed by atoms with E-state index in [1.54, 1.807) is 0 Å². The van der Waals surface area contributed by atoms with Crippen LogP contribution in [0.2, 0.25) is 0 Å². The molecule has 1 aliphatic rings. The number of benzene rings is 2. The third-order valence-corrected chi connectivity index (χ3v) is 5.66. The lowest BCUT2D eigenvalue weighted by molar-refractivity contribution is 0.312. The Hall–Kier alpha value is -3.27. The van der Waals surface area contributed by atoms with Gasteiger partial charge in [0.15, 0.2) is 0 Å². The van der Waals surface area contributed by atoms with Gasteiger partial charge >= 0.3 is 0 Å². The molecule has 4 nitrogen and oxygen atoms in total. The van der Waals surface area contributed by atoms with E-state index >= 15 is 0 Å². The third-order valence-electron chi connectivity index (χ3n) is 5.66. The summed E-state index contributed by atoms with van der Waals surface area (Å²) in [5.41, 5.74) is 5.67. The van der Waals surface area contributed by atoms with Gasteiger partial charge in [0, 0.05) is 22.3 Å². The van der Waals surface area contributed by atoms with Gasteiger partial charge in [-0.3, -0.25) is 4.98 Å². The monoisotopic (exact) mass is 367 g/mol. The Morgan fingerprint density at radius 2 is 1.57 bits per heavy atom. The van der Waals surface area contributed by atoms with E-state index in [4.69, 9.17) is 9.97 Å². The molecule has 0 radical (unpaired) electrons. The molecule has 1 unspecified atom stereocenters. The average molecular weight is 367 g/mol. The normalized spacial score (nSPS) is 18.7. The van der Waals surface area contributed by atoms with E-state index in [9.17, 15) is 5.21 Å². The quantitative estimate of drug-likeness (QED) is 0.352. The smallest absolute Gasteiger partial charge is 0.0728 e.